The third-order valence-corrected chi connectivity index (χ3v) is 2.66. The lowest BCUT2D eigenvalue weighted by atomic mass is 10.1. The minimum absolute atomic E-state index is 0.523. The van der Waals surface area contributed by atoms with Crippen LogP contribution in [0.15, 0.2) is 35.5 Å². The summed E-state index contributed by atoms with van der Waals surface area (Å²) in [5.74, 6) is 0.523. The van der Waals surface area contributed by atoms with Gasteiger partial charge < -0.3 is 16.0 Å². The zero-order valence-corrected chi connectivity index (χ0v) is 10.0. The number of nitrogens with one attached hydrogen (secondary N) is 2. The molecule has 0 atom stereocenters. The van der Waals surface area contributed by atoms with Gasteiger partial charge in [-0.3, -0.25) is 4.99 Å². The van der Waals surface area contributed by atoms with Gasteiger partial charge in [-0.15, -0.1) is 0 Å². The maximum atomic E-state index is 5.66. The van der Waals surface area contributed by atoms with Crippen LogP contribution in [0.4, 0.5) is 0 Å². The third kappa shape index (κ3) is 3.00. The summed E-state index contributed by atoms with van der Waals surface area (Å²) in [5.41, 5.74) is 8.11. The van der Waals surface area contributed by atoms with Crippen LogP contribution in [0.25, 0.3) is 10.9 Å². The maximum absolute atomic E-state index is 5.66. The standard InChI is InChI=1S/C13H18N4/c1-2-15-13(14)17-7-5-10-3-4-12-11(9-10)6-8-16-12/h3-4,6,8-9,16H,2,5,7H2,1H3,(H3,14,15,17). The minimum atomic E-state index is 0.523. The number of nitrogens with two attached hydrogens (primary N) is 1. The van der Waals surface area contributed by atoms with E-state index in [1.807, 2.05) is 13.1 Å². The van der Waals surface area contributed by atoms with Crippen LogP contribution in [0, 0.1) is 0 Å². The summed E-state index contributed by atoms with van der Waals surface area (Å²) in [5, 5.41) is 4.22. The Bertz CT molecular complexity index is 513. The molecule has 0 fully saturated rings. The number of hydrogen-bond acceptors (Lipinski definition) is 1. The van der Waals surface area contributed by atoms with E-state index in [0.717, 1.165) is 19.5 Å². The van der Waals surface area contributed by atoms with Gasteiger partial charge in [0.1, 0.15) is 0 Å². The van der Waals surface area contributed by atoms with Gasteiger partial charge in [-0.2, -0.15) is 0 Å². The molecule has 0 aliphatic carbocycles. The second kappa shape index (κ2) is 5.39. The normalized spacial score (nSPS) is 11.9. The van der Waals surface area contributed by atoms with E-state index in [1.165, 1.54) is 16.5 Å². The van der Waals surface area contributed by atoms with Crippen molar-refractivity contribution in [2.24, 2.45) is 10.7 Å². The highest BCUT2D eigenvalue weighted by atomic mass is 15.1. The third-order valence-electron chi connectivity index (χ3n) is 2.66. The molecule has 4 heteroatoms. The van der Waals surface area contributed by atoms with Gasteiger partial charge in [0.25, 0.3) is 0 Å². The fourth-order valence-electron chi connectivity index (χ4n) is 1.80. The number of H-pyrrole nitrogens is 1. The van der Waals surface area contributed by atoms with E-state index in [-0.39, 0.29) is 0 Å². The van der Waals surface area contributed by atoms with E-state index in [0.29, 0.717) is 5.96 Å². The Morgan fingerprint density at radius 3 is 3.12 bits per heavy atom. The van der Waals surface area contributed by atoms with Gasteiger partial charge in [0.2, 0.25) is 0 Å². The smallest absolute Gasteiger partial charge is 0.188 e. The van der Waals surface area contributed by atoms with Crippen LogP contribution in [0.5, 0.6) is 0 Å². The van der Waals surface area contributed by atoms with Gasteiger partial charge in [-0.05, 0) is 42.5 Å². The second-order valence-electron chi connectivity index (χ2n) is 3.95. The molecule has 4 N–H and O–H groups in total. The van der Waals surface area contributed by atoms with Crippen molar-refractivity contribution in [2.45, 2.75) is 13.3 Å². The zero-order chi connectivity index (χ0) is 12.1. The van der Waals surface area contributed by atoms with Gasteiger partial charge in [0.15, 0.2) is 5.96 Å². The van der Waals surface area contributed by atoms with Crippen molar-refractivity contribution in [3.8, 4) is 0 Å². The number of aromatic nitrogens is 1. The van der Waals surface area contributed by atoms with Crippen molar-refractivity contribution in [1.82, 2.24) is 10.3 Å². The Morgan fingerprint density at radius 2 is 2.29 bits per heavy atom. The van der Waals surface area contributed by atoms with Crippen molar-refractivity contribution >= 4 is 16.9 Å². The van der Waals surface area contributed by atoms with E-state index in [2.05, 4.69) is 39.6 Å². The van der Waals surface area contributed by atoms with Gasteiger partial charge in [-0.25, -0.2) is 0 Å². The number of benzene rings is 1. The van der Waals surface area contributed by atoms with Gasteiger partial charge in [0.05, 0.1) is 0 Å². The number of aliphatic imine (C=N–C) groups is 1. The topological polar surface area (TPSA) is 66.2 Å². The fourth-order valence-corrected chi connectivity index (χ4v) is 1.80. The lowest BCUT2D eigenvalue weighted by molar-refractivity contribution is 0.906. The summed E-state index contributed by atoms with van der Waals surface area (Å²) in [6.45, 7) is 3.53. The number of aromatic amines is 1. The molecular formula is C13H18N4. The van der Waals surface area contributed by atoms with Crippen molar-refractivity contribution in [3.63, 3.8) is 0 Å². The molecule has 0 saturated heterocycles. The summed E-state index contributed by atoms with van der Waals surface area (Å²) in [6.07, 6.45) is 2.86. The van der Waals surface area contributed by atoms with Crippen LogP contribution in [-0.2, 0) is 6.42 Å². The Labute approximate surface area is 101 Å². The molecule has 0 bridgehead atoms. The monoisotopic (exact) mass is 230 g/mol. The second-order valence-corrected chi connectivity index (χ2v) is 3.95. The summed E-state index contributed by atoms with van der Waals surface area (Å²) < 4.78 is 0. The van der Waals surface area contributed by atoms with Crippen molar-refractivity contribution in [1.29, 1.82) is 0 Å². The minimum Gasteiger partial charge on any atom is -0.370 e. The molecule has 0 aliphatic heterocycles. The van der Waals surface area contributed by atoms with Crippen LogP contribution in [0.1, 0.15) is 12.5 Å². The van der Waals surface area contributed by atoms with E-state index in [4.69, 9.17) is 5.73 Å². The molecule has 2 aromatic rings. The highest BCUT2D eigenvalue weighted by Crippen LogP contribution is 2.14. The molecule has 0 amide bonds. The van der Waals surface area contributed by atoms with Gasteiger partial charge in [-0.1, -0.05) is 6.07 Å². The quantitative estimate of drug-likeness (QED) is 0.552. The zero-order valence-electron chi connectivity index (χ0n) is 10.0. The number of fused-ring (bicyclic) bond motifs is 1. The molecule has 4 nitrogen and oxygen atoms in total. The lowest BCUT2D eigenvalue weighted by Crippen LogP contribution is -2.31. The average molecular weight is 230 g/mol. The number of hydrogen-bond donors (Lipinski definition) is 3. The Kier molecular flexibility index (Phi) is 3.65. The number of guanidine groups is 1. The Balaban J connectivity index is 1.96. The predicted octanol–water partition coefficient (Wildman–Crippen LogP) is 1.63. The van der Waals surface area contributed by atoms with Crippen LogP contribution in [-0.4, -0.2) is 24.0 Å². The van der Waals surface area contributed by atoms with E-state index in [9.17, 15) is 0 Å². The lowest BCUT2D eigenvalue weighted by Gasteiger charge is -2.02. The maximum Gasteiger partial charge on any atom is 0.188 e. The first kappa shape index (κ1) is 11.5. The molecule has 0 saturated carbocycles. The molecule has 2 rings (SSSR count). The van der Waals surface area contributed by atoms with Gasteiger partial charge in [0, 0.05) is 24.8 Å². The van der Waals surface area contributed by atoms with Crippen LogP contribution in [0.2, 0.25) is 0 Å². The highest BCUT2D eigenvalue weighted by Gasteiger charge is 1.97. The SMILES string of the molecule is CCNC(N)=NCCc1ccc2[nH]ccc2c1. The fraction of sp³-hybridized carbons (Fsp3) is 0.308. The van der Waals surface area contributed by atoms with E-state index < -0.39 is 0 Å². The molecule has 0 unspecified atom stereocenters. The Hall–Kier alpha value is -1.97. The van der Waals surface area contributed by atoms with Gasteiger partial charge >= 0.3 is 0 Å². The molecule has 1 aromatic heterocycles. The van der Waals surface area contributed by atoms with Crippen LogP contribution < -0.4 is 11.1 Å². The van der Waals surface area contributed by atoms with E-state index >= 15 is 0 Å². The number of rotatable bonds is 4. The van der Waals surface area contributed by atoms with Crippen LogP contribution in [0.3, 0.4) is 0 Å². The molecule has 1 aromatic carbocycles. The molecule has 0 spiro atoms. The van der Waals surface area contributed by atoms with Crippen LogP contribution >= 0.6 is 0 Å². The van der Waals surface area contributed by atoms with Crippen molar-refractivity contribution in [3.05, 3.63) is 36.0 Å². The largest absolute Gasteiger partial charge is 0.370 e. The molecule has 0 aliphatic rings. The first-order chi connectivity index (χ1) is 8.29. The Morgan fingerprint density at radius 1 is 1.41 bits per heavy atom. The average Bonchev–Trinajstić information content (AvgIpc) is 2.76. The van der Waals surface area contributed by atoms with Crippen molar-refractivity contribution < 1.29 is 0 Å². The van der Waals surface area contributed by atoms with Crippen molar-refractivity contribution in [2.75, 3.05) is 13.1 Å². The predicted molar refractivity (Wildman–Crippen MR) is 72.2 cm³/mol. The summed E-state index contributed by atoms with van der Waals surface area (Å²) in [7, 11) is 0. The summed E-state index contributed by atoms with van der Waals surface area (Å²) >= 11 is 0. The molecule has 0 radical (unpaired) electrons. The molecular weight excluding hydrogens is 212 g/mol. The van der Waals surface area contributed by atoms with E-state index in [1.54, 1.807) is 0 Å². The molecule has 17 heavy (non-hydrogen) atoms. The number of nitrogens with zero attached hydrogens (tertiary/aromatic N) is 1. The molecule has 90 valence electrons. The first-order valence-electron chi connectivity index (χ1n) is 5.89. The summed E-state index contributed by atoms with van der Waals surface area (Å²) in [6, 6.07) is 8.49. The highest BCUT2D eigenvalue weighted by molar-refractivity contribution is 5.80. The first-order valence-corrected chi connectivity index (χ1v) is 5.89. The summed E-state index contributed by atoms with van der Waals surface area (Å²) in [4.78, 5) is 7.43. The molecule has 1 heterocycles.